The molecule has 0 spiro atoms. The Labute approximate surface area is 114 Å². The van der Waals surface area contributed by atoms with E-state index in [1.54, 1.807) is 11.3 Å². The normalized spacial score (nSPS) is 11.2. The molecule has 0 aliphatic carbocycles. The van der Waals surface area contributed by atoms with Crippen molar-refractivity contribution in [1.82, 2.24) is 0 Å². The first-order chi connectivity index (χ1) is 8.54. The van der Waals surface area contributed by atoms with Crippen molar-refractivity contribution in [3.05, 3.63) is 45.1 Å². The lowest BCUT2D eigenvalue weighted by Crippen LogP contribution is -1.98. The highest BCUT2D eigenvalue weighted by Gasteiger charge is 2.13. The fourth-order valence-corrected chi connectivity index (χ4v) is 3.18. The summed E-state index contributed by atoms with van der Waals surface area (Å²) in [5, 5.41) is 2.19. The molecule has 2 aromatic rings. The minimum atomic E-state index is 0.560. The summed E-state index contributed by atoms with van der Waals surface area (Å²) in [4.78, 5) is 1.36. The van der Waals surface area contributed by atoms with Crippen LogP contribution in [-0.4, -0.2) is 0 Å². The largest absolute Gasteiger partial charge is 0.326 e. The van der Waals surface area contributed by atoms with E-state index in [0.29, 0.717) is 12.5 Å². The van der Waals surface area contributed by atoms with Gasteiger partial charge in [-0.1, -0.05) is 32.0 Å². The topological polar surface area (TPSA) is 26.0 Å². The maximum absolute atomic E-state index is 5.86. The summed E-state index contributed by atoms with van der Waals surface area (Å²) in [6, 6.07) is 6.78. The van der Waals surface area contributed by atoms with Crippen molar-refractivity contribution in [3.8, 4) is 11.1 Å². The van der Waals surface area contributed by atoms with Crippen LogP contribution in [0.25, 0.3) is 11.1 Å². The molecule has 0 bridgehead atoms. The zero-order valence-corrected chi connectivity index (χ0v) is 12.4. The smallest absolute Gasteiger partial charge is 0.0192 e. The Morgan fingerprint density at radius 3 is 2.56 bits per heavy atom. The zero-order valence-electron chi connectivity index (χ0n) is 11.6. The summed E-state index contributed by atoms with van der Waals surface area (Å²) in [6.45, 7) is 9.44. The number of hydrogen-bond acceptors (Lipinski definition) is 2. The zero-order chi connectivity index (χ0) is 13.3. The van der Waals surface area contributed by atoms with Gasteiger partial charge in [-0.25, -0.2) is 0 Å². The van der Waals surface area contributed by atoms with Gasteiger partial charge in [-0.15, -0.1) is 11.3 Å². The van der Waals surface area contributed by atoms with Gasteiger partial charge in [0.2, 0.25) is 0 Å². The van der Waals surface area contributed by atoms with Gasteiger partial charge in [0.1, 0.15) is 0 Å². The van der Waals surface area contributed by atoms with Crippen LogP contribution in [0.2, 0.25) is 0 Å². The fourth-order valence-electron chi connectivity index (χ4n) is 2.28. The minimum absolute atomic E-state index is 0.560. The highest BCUT2D eigenvalue weighted by atomic mass is 32.1. The van der Waals surface area contributed by atoms with E-state index in [1.165, 1.54) is 32.7 Å². The Morgan fingerprint density at radius 2 is 1.94 bits per heavy atom. The Bertz CT molecular complexity index is 552. The molecule has 2 N–H and O–H groups in total. The molecule has 0 saturated carbocycles. The Kier molecular flexibility index (Phi) is 3.88. The SMILES string of the molecule is Cc1ccc(C(C)C)cc1-c1c(CN)csc1C. The van der Waals surface area contributed by atoms with Crippen molar-refractivity contribution in [2.75, 3.05) is 0 Å². The molecular formula is C16H21NS. The van der Waals surface area contributed by atoms with Crippen LogP contribution < -0.4 is 5.73 Å². The second kappa shape index (κ2) is 5.25. The molecule has 0 atom stereocenters. The molecule has 2 rings (SSSR count). The fraction of sp³-hybridized carbons (Fsp3) is 0.375. The van der Waals surface area contributed by atoms with Crippen molar-refractivity contribution in [2.45, 2.75) is 40.2 Å². The monoisotopic (exact) mass is 259 g/mol. The lowest BCUT2D eigenvalue weighted by molar-refractivity contribution is 0.866. The lowest BCUT2D eigenvalue weighted by atomic mass is 9.92. The van der Waals surface area contributed by atoms with Gasteiger partial charge in [0, 0.05) is 17.0 Å². The number of benzene rings is 1. The second-order valence-corrected chi connectivity index (χ2v) is 6.21. The molecule has 0 unspecified atom stereocenters. The maximum Gasteiger partial charge on any atom is 0.0192 e. The van der Waals surface area contributed by atoms with Gasteiger partial charge in [0.15, 0.2) is 0 Å². The summed E-state index contributed by atoms with van der Waals surface area (Å²) < 4.78 is 0. The van der Waals surface area contributed by atoms with E-state index < -0.39 is 0 Å². The molecule has 1 nitrogen and oxygen atoms in total. The van der Waals surface area contributed by atoms with E-state index in [0.717, 1.165) is 0 Å². The van der Waals surface area contributed by atoms with Crippen molar-refractivity contribution in [2.24, 2.45) is 5.73 Å². The first-order valence-corrected chi connectivity index (χ1v) is 7.30. The van der Waals surface area contributed by atoms with Crippen LogP contribution in [0.4, 0.5) is 0 Å². The van der Waals surface area contributed by atoms with Crippen molar-refractivity contribution in [3.63, 3.8) is 0 Å². The summed E-state index contributed by atoms with van der Waals surface area (Å²) in [7, 11) is 0. The first kappa shape index (κ1) is 13.3. The Hall–Kier alpha value is -1.12. The van der Waals surface area contributed by atoms with E-state index >= 15 is 0 Å². The highest BCUT2D eigenvalue weighted by molar-refractivity contribution is 7.10. The molecule has 1 aromatic carbocycles. The number of rotatable bonds is 3. The van der Waals surface area contributed by atoms with E-state index in [2.05, 4.69) is 51.3 Å². The molecule has 0 radical (unpaired) electrons. The minimum Gasteiger partial charge on any atom is -0.326 e. The number of hydrogen-bond donors (Lipinski definition) is 1. The van der Waals surface area contributed by atoms with Crippen LogP contribution >= 0.6 is 11.3 Å². The van der Waals surface area contributed by atoms with E-state index in [1.807, 2.05) is 0 Å². The Balaban J connectivity index is 2.62. The van der Waals surface area contributed by atoms with Gasteiger partial charge in [-0.2, -0.15) is 0 Å². The molecule has 18 heavy (non-hydrogen) atoms. The third-order valence-corrected chi connectivity index (χ3v) is 4.43. The first-order valence-electron chi connectivity index (χ1n) is 6.42. The number of thiophene rings is 1. The second-order valence-electron chi connectivity index (χ2n) is 5.13. The van der Waals surface area contributed by atoms with Crippen molar-refractivity contribution in [1.29, 1.82) is 0 Å². The molecular weight excluding hydrogens is 238 g/mol. The standard InChI is InChI=1S/C16H21NS/c1-10(2)13-6-5-11(3)15(7-13)16-12(4)18-9-14(16)8-17/h5-7,9-10H,8,17H2,1-4H3. The predicted molar refractivity (Wildman–Crippen MR) is 81.2 cm³/mol. The molecule has 1 aromatic heterocycles. The summed E-state index contributed by atoms with van der Waals surface area (Å²) in [5.41, 5.74) is 12.5. The lowest BCUT2D eigenvalue weighted by Gasteiger charge is -2.13. The maximum atomic E-state index is 5.86. The van der Waals surface area contributed by atoms with Crippen LogP contribution in [0.15, 0.2) is 23.6 Å². The predicted octanol–water partition coefficient (Wildman–Crippen LogP) is 4.61. The molecule has 0 aliphatic heterocycles. The third kappa shape index (κ3) is 2.36. The van der Waals surface area contributed by atoms with Crippen LogP contribution in [0.5, 0.6) is 0 Å². The van der Waals surface area contributed by atoms with E-state index in [4.69, 9.17) is 5.73 Å². The summed E-state index contributed by atoms with van der Waals surface area (Å²) in [6.07, 6.45) is 0. The quantitative estimate of drug-likeness (QED) is 0.855. The summed E-state index contributed by atoms with van der Waals surface area (Å²) >= 11 is 1.79. The van der Waals surface area contributed by atoms with Gasteiger partial charge in [0.25, 0.3) is 0 Å². The van der Waals surface area contributed by atoms with Crippen LogP contribution in [0, 0.1) is 13.8 Å². The molecule has 1 heterocycles. The third-order valence-electron chi connectivity index (χ3n) is 3.47. The average molecular weight is 259 g/mol. The van der Waals surface area contributed by atoms with Gasteiger partial charge in [-0.05, 0) is 47.4 Å². The van der Waals surface area contributed by atoms with E-state index in [-0.39, 0.29) is 0 Å². The molecule has 96 valence electrons. The van der Waals surface area contributed by atoms with E-state index in [9.17, 15) is 0 Å². The molecule has 0 aliphatic rings. The number of aryl methyl sites for hydroxylation is 2. The van der Waals surface area contributed by atoms with Gasteiger partial charge in [0.05, 0.1) is 0 Å². The van der Waals surface area contributed by atoms with Gasteiger partial charge in [-0.3, -0.25) is 0 Å². The highest BCUT2D eigenvalue weighted by Crippen LogP contribution is 2.35. The number of nitrogens with two attached hydrogens (primary N) is 1. The molecule has 0 fully saturated rings. The summed E-state index contributed by atoms with van der Waals surface area (Å²) in [5.74, 6) is 0.560. The molecule has 2 heteroatoms. The Morgan fingerprint density at radius 1 is 1.22 bits per heavy atom. The van der Waals surface area contributed by atoms with Crippen LogP contribution in [-0.2, 0) is 6.54 Å². The molecule has 0 amide bonds. The van der Waals surface area contributed by atoms with Crippen molar-refractivity contribution >= 4 is 11.3 Å². The average Bonchev–Trinajstić information content (AvgIpc) is 2.71. The van der Waals surface area contributed by atoms with Gasteiger partial charge < -0.3 is 5.73 Å². The van der Waals surface area contributed by atoms with Crippen molar-refractivity contribution < 1.29 is 0 Å². The molecule has 0 saturated heterocycles. The van der Waals surface area contributed by atoms with Gasteiger partial charge >= 0.3 is 0 Å². The van der Waals surface area contributed by atoms with Crippen LogP contribution in [0.3, 0.4) is 0 Å². The van der Waals surface area contributed by atoms with Crippen LogP contribution in [0.1, 0.15) is 41.3 Å².